The van der Waals surface area contributed by atoms with Crippen LogP contribution in [-0.2, 0) is 4.79 Å². The molecule has 1 aliphatic carbocycles. The predicted molar refractivity (Wildman–Crippen MR) is 81.4 cm³/mol. The summed E-state index contributed by atoms with van der Waals surface area (Å²) < 4.78 is 0. The number of nitrogens with zero attached hydrogens (tertiary/aromatic N) is 5. The van der Waals surface area contributed by atoms with Gasteiger partial charge in [-0.25, -0.2) is 9.97 Å². The SMILES string of the molecule is CN1CCN(C(=O)CN(C)c2cc(C3CC3)ncn2)CC1. The topological polar surface area (TPSA) is 52.6 Å². The molecule has 1 aromatic heterocycles. The molecule has 0 bridgehead atoms. The molecule has 2 heterocycles. The average molecular weight is 289 g/mol. The number of amides is 1. The van der Waals surface area contributed by atoms with Crippen LogP contribution in [0.25, 0.3) is 0 Å². The van der Waals surface area contributed by atoms with Gasteiger partial charge < -0.3 is 14.7 Å². The Labute approximate surface area is 125 Å². The molecule has 2 aliphatic rings. The Hall–Kier alpha value is -1.69. The lowest BCUT2D eigenvalue weighted by molar-refractivity contribution is -0.131. The van der Waals surface area contributed by atoms with E-state index in [1.54, 1.807) is 6.33 Å². The van der Waals surface area contributed by atoms with E-state index in [0.29, 0.717) is 12.5 Å². The van der Waals surface area contributed by atoms with E-state index in [-0.39, 0.29) is 5.91 Å². The van der Waals surface area contributed by atoms with Crippen molar-refractivity contribution in [3.63, 3.8) is 0 Å². The fraction of sp³-hybridized carbons (Fsp3) is 0.667. The minimum absolute atomic E-state index is 0.178. The van der Waals surface area contributed by atoms with Crippen molar-refractivity contribution >= 4 is 11.7 Å². The van der Waals surface area contributed by atoms with Crippen LogP contribution in [0.15, 0.2) is 12.4 Å². The lowest BCUT2D eigenvalue weighted by Gasteiger charge is -2.33. The van der Waals surface area contributed by atoms with Gasteiger partial charge in [0.15, 0.2) is 0 Å². The molecule has 0 N–H and O–H groups in total. The molecule has 1 aliphatic heterocycles. The minimum atomic E-state index is 0.178. The van der Waals surface area contributed by atoms with Gasteiger partial charge in [0.05, 0.1) is 6.54 Å². The van der Waals surface area contributed by atoms with Gasteiger partial charge in [-0.05, 0) is 19.9 Å². The van der Waals surface area contributed by atoms with E-state index in [1.165, 1.54) is 12.8 Å². The van der Waals surface area contributed by atoms with Crippen LogP contribution in [0.1, 0.15) is 24.5 Å². The molecule has 0 radical (unpaired) electrons. The van der Waals surface area contributed by atoms with Gasteiger partial charge in [-0.15, -0.1) is 0 Å². The number of piperazine rings is 1. The lowest BCUT2D eigenvalue weighted by Crippen LogP contribution is -2.49. The summed E-state index contributed by atoms with van der Waals surface area (Å²) in [4.78, 5) is 27.1. The van der Waals surface area contributed by atoms with Crippen LogP contribution in [0.3, 0.4) is 0 Å². The molecule has 1 aromatic rings. The summed E-state index contributed by atoms with van der Waals surface area (Å²) in [6, 6.07) is 2.02. The maximum absolute atomic E-state index is 12.3. The highest BCUT2D eigenvalue weighted by atomic mass is 16.2. The second-order valence-corrected chi connectivity index (χ2v) is 6.12. The van der Waals surface area contributed by atoms with E-state index in [4.69, 9.17) is 0 Å². The van der Waals surface area contributed by atoms with Gasteiger partial charge >= 0.3 is 0 Å². The van der Waals surface area contributed by atoms with Crippen LogP contribution in [0.2, 0.25) is 0 Å². The summed E-state index contributed by atoms with van der Waals surface area (Å²) in [6.07, 6.45) is 4.06. The maximum atomic E-state index is 12.3. The summed E-state index contributed by atoms with van der Waals surface area (Å²) in [6.45, 7) is 3.93. The highest BCUT2D eigenvalue weighted by Gasteiger charge is 2.26. The number of rotatable bonds is 4. The third-order valence-electron chi connectivity index (χ3n) is 4.29. The number of likely N-dealkylation sites (N-methyl/N-ethyl adjacent to an activating group) is 2. The molecule has 0 atom stereocenters. The lowest BCUT2D eigenvalue weighted by atomic mass is 10.2. The highest BCUT2D eigenvalue weighted by molar-refractivity contribution is 5.81. The summed E-state index contributed by atoms with van der Waals surface area (Å²) >= 11 is 0. The molecule has 1 amide bonds. The largest absolute Gasteiger partial charge is 0.350 e. The highest BCUT2D eigenvalue weighted by Crippen LogP contribution is 2.39. The standard InChI is InChI=1S/C15H23N5O/c1-18-5-7-20(8-6-18)15(21)10-19(2)14-9-13(12-3-4-12)16-11-17-14/h9,11-12H,3-8,10H2,1-2H3. The summed E-state index contributed by atoms with van der Waals surface area (Å²) in [5.41, 5.74) is 1.11. The second kappa shape index (κ2) is 5.97. The third-order valence-corrected chi connectivity index (χ3v) is 4.29. The summed E-state index contributed by atoms with van der Waals surface area (Å²) in [5.74, 6) is 1.63. The molecular formula is C15H23N5O. The molecule has 0 spiro atoms. The Morgan fingerprint density at radius 1 is 1.29 bits per heavy atom. The van der Waals surface area contributed by atoms with Crippen LogP contribution in [-0.4, -0.2) is 72.5 Å². The average Bonchev–Trinajstić information content (AvgIpc) is 3.32. The van der Waals surface area contributed by atoms with E-state index in [0.717, 1.165) is 37.7 Å². The molecule has 0 unspecified atom stereocenters. The number of carbonyl (C=O) groups excluding carboxylic acids is 1. The summed E-state index contributed by atoms with van der Waals surface area (Å²) in [5, 5.41) is 0. The zero-order chi connectivity index (χ0) is 14.8. The zero-order valence-corrected chi connectivity index (χ0v) is 12.8. The van der Waals surface area contributed by atoms with Gasteiger partial charge in [0, 0.05) is 50.9 Å². The van der Waals surface area contributed by atoms with Gasteiger partial charge in [0.2, 0.25) is 5.91 Å². The normalized spacial score (nSPS) is 19.6. The van der Waals surface area contributed by atoms with Crippen molar-refractivity contribution in [2.24, 2.45) is 0 Å². The van der Waals surface area contributed by atoms with Crippen molar-refractivity contribution in [3.8, 4) is 0 Å². The number of hydrogen-bond acceptors (Lipinski definition) is 5. The third kappa shape index (κ3) is 3.50. The van der Waals surface area contributed by atoms with Crippen molar-refractivity contribution in [3.05, 3.63) is 18.1 Å². The first-order valence-corrected chi connectivity index (χ1v) is 7.63. The van der Waals surface area contributed by atoms with Crippen molar-refractivity contribution in [1.82, 2.24) is 19.8 Å². The van der Waals surface area contributed by atoms with Crippen molar-refractivity contribution in [2.45, 2.75) is 18.8 Å². The van der Waals surface area contributed by atoms with Gasteiger partial charge in [0.1, 0.15) is 12.1 Å². The molecule has 6 heteroatoms. The second-order valence-electron chi connectivity index (χ2n) is 6.12. The quantitative estimate of drug-likeness (QED) is 0.811. The van der Waals surface area contributed by atoms with E-state index in [1.807, 2.05) is 22.9 Å². The Morgan fingerprint density at radius 2 is 2.00 bits per heavy atom. The van der Waals surface area contributed by atoms with Crippen LogP contribution in [0.5, 0.6) is 0 Å². The van der Waals surface area contributed by atoms with Crippen LogP contribution in [0.4, 0.5) is 5.82 Å². The first kappa shape index (κ1) is 14.3. The number of hydrogen-bond donors (Lipinski definition) is 0. The predicted octanol–water partition coefficient (Wildman–Crippen LogP) is 0.564. The van der Waals surface area contributed by atoms with Gasteiger partial charge in [-0.3, -0.25) is 4.79 Å². The van der Waals surface area contributed by atoms with E-state index in [9.17, 15) is 4.79 Å². The molecule has 3 rings (SSSR count). The number of carbonyl (C=O) groups is 1. The van der Waals surface area contributed by atoms with Crippen molar-refractivity contribution < 1.29 is 4.79 Å². The Balaban J connectivity index is 1.59. The summed E-state index contributed by atoms with van der Waals surface area (Å²) in [7, 11) is 4.02. The Kier molecular flexibility index (Phi) is 4.05. The Morgan fingerprint density at radius 3 is 2.67 bits per heavy atom. The fourth-order valence-corrected chi connectivity index (χ4v) is 2.61. The molecular weight excluding hydrogens is 266 g/mol. The van der Waals surface area contributed by atoms with E-state index in [2.05, 4.69) is 21.9 Å². The zero-order valence-electron chi connectivity index (χ0n) is 12.8. The number of aromatic nitrogens is 2. The van der Waals surface area contributed by atoms with Crippen LogP contribution >= 0.6 is 0 Å². The molecule has 6 nitrogen and oxygen atoms in total. The van der Waals surface area contributed by atoms with Crippen LogP contribution in [0, 0.1) is 0 Å². The molecule has 1 saturated heterocycles. The van der Waals surface area contributed by atoms with E-state index < -0.39 is 0 Å². The first-order valence-electron chi connectivity index (χ1n) is 7.63. The Bertz CT molecular complexity index is 509. The molecule has 21 heavy (non-hydrogen) atoms. The molecule has 2 fully saturated rings. The van der Waals surface area contributed by atoms with Gasteiger partial charge in [-0.1, -0.05) is 0 Å². The smallest absolute Gasteiger partial charge is 0.242 e. The van der Waals surface area contributed by atoms with Crippen LogP contribution < -0.4 is 4.90 Å². The fourth-order valence-electron chi connectivity index (χ4n) is 2.61. The molecule has 114 valence electrons. The monoisotopic (exact) mass is 289 g/mol. The minimum Gasteiger partial charge on any atom is -0.350 e. The molecule has 1 saturated carbocycles. The number of anilines is 1. The van der Waals surface area contributed by atoms with Crippen molar-refractivity contribution in [2.75, 3.05) is 51.7 Å². The van der Waals surface area contributed by atoms with Gasteiger partial charge in [-0.2, -0.15) is 0 Å². The van der Waals surface area contributed by atoms with Crippen molar-refractivity contribution in [1.29, 1.82) is 0 Å². The first-order chi connectivity index (χ1) is 10.1. The maximum Gasteiger partial charge on any atom is 0.242 e. The van der Waals surface area contributed by atoms with Gasteiger partial charge in [0.25, 0.3) is 0 Å². The molecule has 0 aromatic carbocycles. The van der Waals surface area contributed by atoms with E-state index >= 15 is 0 Å².